The molecule has 0 heterocycles. The molecule has 0 amide bonds. The van der Waals surface area contributed by atoms with E-state index in [2.05, 4.69) is 31.2 Å². The number of benzene rings is 1. The van der Waals surface area contributed by atoms with Gasteiger partial charge in [0.25, 0.3) is 0 Å². The van der Waals surface area contributed by atoms with Crippen LogP contribution in [0.15, 0.2) is 24.3 Å². The van der Waals surface area contributed by atoms with Crippen LogP contribution in [0.2, 0.25) is 0 Å². The second-order valence-corrected chi connectivity index (χ2v) is 5.89. The fraction of sp³-hybridized carbons (Fsp3) is 0.647. The van der Waals surface area contributed by atoms with E-state index in [-0.39, 0.29) is 6.04 Å². The van der Waals surface area contributed by atoms with Crippen molar-refractivity contribution in [3.05, 3.63) is 35.4 Å². The third kappa shape index (κ3) is 3.18. The largest absolute Gasteiger partial charge is 0.384 e. The lowest BCUT2D eigenvalue weighted by Crippen LogP contribution is -2.31. The Bertz CT molecular complexity index is 379. The molecule has 1 atom stereocenters. The van der Waals surface area contributed by atoms with E-state index in [0.717, 1.165) is 13.0 Å². The second kappa shape index (κ2) is 6.53. The average molecular weight is 261 g/mol. The molecule has 0 saturated heterocycles. The van der Waals surface area contributed by atoms with Crippen LogP contribution in [0.5, 0.6) is 0 Å². The summed E-state index contributed by atoms with van der Waals surface area (Å²) in [6.45, 7) is 3.07. The Labute approximate surface area is 117 Å². The quantitative estimate of drug-likeness (QED) is 0.844. The average Bonchev–Trinajstić information content (AvgIpc) is 2.95. The van der Waals surface area contributed by atoms with Crippen molar-refractivity contribution in [3.63, 3.8) is 0 Å². The van der Waals surface area contributed by atoms with Gasteiger partial charge in [-0.25, -0.2) is 0 Å². The summed E-state index contributed by atoms with van der Waals surface area (Å²) in [6, 6.07) is 9.02. The molecule has 1 aliphatic rings. The first-order valence-corrected chi connectivity index (χ1v) is 7.55. The Kier molecular flexibility index (Phi) is 5.00. The first-order chi connectivity index (χ1) is 9.22. The van der Waals surface area contributed by atoms with Crippen LogP contribution in [-0.4, -0.2) is 13.7 Å². The van der Waals surface area contributed by atoms with Crippen LogP contribution in [0.25, 0.3) is 0 Å². The molecule has 1 fully saturated rings. The summed E-state index contributed by atoms with van der Waals surface area (Å²) in [5, 5.41) is 0. The molecule has 106 valence electrons. The molecule has 0 spiro atoms. The summed E-state index contributed by atoms with van der Waals surface area (Å²) in [5.74, 6) is 0. The number of hydrogen-bond donors (Lipinski definition) is 1. The molecule has 1 unspecified atom stereocenters. The molecule has 1 aromatic rings. The maximum absolute atomic E-state index is 6.57. The van der Waals surface area contributed by atoms with Crippen molar-refractivity contribution in [2.24, 2.45) is 11.1 Å². The monoisotopic (exact) mass is 261 g/mol. The standard InChI is InChI=1S/C17H27NO/c1-3-17(11-4-5-12-17)16(18)15-8-6-14(7-9-15)10-13-19-2/h6-9,16H,3-5,10-13,18H2,1-2H3. The van der Waals surface area contributed by atoms with E-state index in [1.807, 2.05) is 0 Å². The molecular formula is C17H27NO. The summed E-state index contributed by atoms with van der Waals surface area (Å²) in [7, 11) is 1.75. The lowest BCUT2D eigenvalue weighted by atomic mass is 9.74. The number of ether oxygens (including phenoxy) is 1. The third-order valence-corrected chi connectivity index (χ3v) is 4.90. The minimum atomic E-state index is 0.191. The molecule has 0 aliphatic heterocycles. The third-order valence-electron chi connectivity index (χ3n) is 4.90. The fourth-order valence-electron chi connectivity index (χ4n) is 3.43. The van der Waals surface area contributed by atoms with E-state index in [1.54, 1.807) is 7.11 Å². The van der Waals surface area contributed by atoms with Crippen LogP contribution in [-0.2, 0) is 11.2 Å². The molecule has 19 heavy (non-hydrogen) atoms. The van der Waals surface area contributed by atoms with Crippen LogP contribution >= 0.6 is 0 Å². The zero-order valence-corrected chi connectivity index (χ0v) is 12.3. The topological polar surface area (TPSA) is 35.2 Å². The highest BCUT2D eigenvalue weighted by atomic mass is 16.5. The first-order valence-electron chi connectivity index (χ1n) is 7.55. The number of nitrogens with two attached hydrogens (primary N) is 1. The Morgan fingerprint density at radius 3 is 2.37 bits per heavy atom. The second-order valence-electron chi connectivity index (χ2n) is 5.89. The highest BCUT2D eigenvalue weighted by Gasteiger charge is 2.38. The van der Waals surface area contributed by atoms with Crippen molar-refractivity contribution >= 4 is 0 Å². The fourth-order valence-corrected chi connectivity index (χ4v) is 3.43. The Morgan fingerprint density at radius 1 is 1.21 bits per heavy atom. The summed E-state index contributed by atoms with van der Waals surface area (Å²) >= 11 is 0. The lowest BCUT2D eigenvalue weighted by molar-refractivity contribution is 0.202. The Morgan fingerprint density at radius 2 is 1.84 bits per heavy atom. The molecular weight excluding hydrogens is 234 g/mol. The molecule has 2 rings (SSSR count). The van der Waals surface area contributed by atoms with Gasteiger partial charge in [-0.3, -0.25) is 0 Å². The van der Waals surface area contributed by atoms with Gasteiger partial charge in [-0.05, 0) is 42.2 Å². The van der Waals surface area contributed by atoms with E-state index < -0.39 is 0 Å². The zero-order valence-electron chi connectivity index (χ0n) is 12.3. The highest BCUT2D eigenvalue weighted by Crippen LogP contribution is 2.48. The number of methoxy groups -OCH3 is 1. The summed E-state index contributed by atoms with van der Waals surface area (Å²) in [6.07, 6.45) is 7.43. The van der Waals surface area contributed by atoms with Crippen LogP contribution in [0, 0.1) is 5.41 Å². The SMILES string of the molecule is CCC1(C(N)c2ccc(CCOC)cc2)CCCC1. The van der Waals surface area contributed by atoms with E-state index in [0.29, 0.717) is 5.41 Å². The van der Waals surface area contributed by atoms with Gasteiger partial charge >= 0.3 is 0 Å². The number of hydrogen-bond acceptors (Lipinski definition) is 2. The smallest absolute Gasteiger partial charge is 0.0502 e. The summed E-state index contributed by atoms with van der Waals surface area (Å²) < 4.78 is 5.11. The van der Waals surface area contributed by atoms with Crippen molar-refractivity contribution < 1.29 is 4.74 Å². The van der Waals surface area contributed by atoms with Crippen molar-refractivity contribution in [3.8, 4) is 0 Å². The highest BCUT2D eigenvalue weighted by molar-refractivity contribution is 5.27. The predicted octanol–water partition coefficient (Wildman–Crippen LogP) is 3.85. The van der Waals surface area contributed by atoms with Gasteiger partial charge in [-0.2, -0.15) is 0 Å². The van der Waals surface area contributed by atoms with Crippen LogP contribution in [0.4, 0.5) is 0 Å². The van der Waals surface area contributed by atoms with E-state index in [1.165, 1.54) is 43.2 Å². The number of rotatable bonds is 6. The van der Waals surface area contributed by atoms with Crippen molar-refractivity contribution in [2.45, 2.75) is 51.5 Å². The summed E-state index contributed by atoms with van der Waals surface area (Å²) in [4.78, 5) is 0. The van der Waals surface area contributed by atoms with Gasteiger partial charge in [0.15, 0.2) is 0 Å². The molecule has 2 N–H and O–H groups in total. The summed E-state index contributed by atoms with van der Waals surface area (Å²) in [5.41, 5.74) is 9.54. The minimum absolute atomic E-state index is 0.191. The molecule has 1 saturated carbocycles. The lowest BCUT2D eigenvalue weighted by Gasteiger charge is -2.34. The van der Waals surface area contributed by atoms with E-state index in [4.69, 9.17) is 10.5 Å². The van der Waals surface area contributed by atoms with Gasteiger partial charge in [0.2, 0.25) is 0 Å². The van der Waals surface area contributed by atoms with Crippen LogP contribution < -0.4 is 5.73 Å². The molecule has 0 radical (unpaired) electrons. The van der Waals surface area contributed by atoms with E-state index >= 15 is 0 Å². The molecule has 0 aromatic heterocycles. The van der Waals surface area contributed by atoms with E-state index in [9.17, 15) is 0 Å². The van der Waals surface area contributed by atoms with Crippen LogP contribution in [0.3, 0.4) is 0 Å². The zero-order chi connectivity index (χ0) is 13.7. The molecule has 0 bridgehead atoms. The molecule has 2 heteroatoms. The molecule has 2 nitrogen and oxygen atoms in total. The Hall–Kier alpha value is -0.860. The van der Waals surface area contributed by atoms with Gasteiger partial charge in [0.1, 0.15) is 0 Å². The van der Waals surface area contributed by atoms with Gasteiger partial charge in [-0.1, -0.05) is 44.0 Å². The van der Waals surface area contributed by atoms with Crippen molar-refractivity contribution in [1.82, 2.24) is 0 Å². The van der Waals surface area contributed by atoms with Crippen molar-refractivity contribution in [1.29, 1.82) is 0 Å². The maximum atomic E-state index is 6.57. The van der Waals surface area contributed by atoms with Gasteiger partial charge in [0, 0.05) is 13.2 Å². The molecule has 1 aromatic carbocycles. The van der Waals surface area contributed by atoms with Gasteiger partial charge in [0.05, 0.1) is 6.61 Å². The van der Waals surface area contributed by atoms with Crippen LogP contribution in [0.1, 0.15) is 56.2 Å². The predicted molar refractivity (Wildman–Crippen MR) is 80.1 cm³/mol. The van der Waals surface area contributed by atoms with Gasteiger partial charge < -0.3 is 10.5 Å². The first kappa shape index (κ1) is 14.5. The molecule has 1 aliphatic carbocycles. The minimum Gasteiger partial charge on any atom is -0.384 e. The maximum Gasteiger partial charge on any atom is 0.0502 e. The normalized spacial score (nSPS) is 19.5. The Balaban J connectivity index is 2.08. The van der Waals surface area contributed by atoms with Gasteiger partial charge in [-0.15, -0.1) is 0 Å². The van der Waals surface area contributed by atoms with Crippen molar-refractivity contribution in [2.75, 3.05) is 13.7 Å².